The van der Waals surface area contributed by atoms with Crippen molar-refractivity contribution in [1.29, 1.82) is 0 Å². The molecule has 112 valence electrons. The fourth-order valence-corrected chi connectivity index (χ4v) is 2.66. The second kappa shape index (κ2) is 5.33. The Labute approximate surface area is 123 Å². The fourth-order valence-electron chi connectivity index (χ4n) is 2.66. The third kappa shape index (κ3) is 2.44. The van der Waals surface area contributed by atoms with E-state index in [1.807, 2.05) is 16.8 Å². The van der Waals surface area contributed by atoms with Gasteiger partial charge in [0.25, 0.3) is 0 Å². The van der Waals surface area contributed by atoms with E-state index in [2.05, 4.69) is 22.4 Å². The zero-order chi connectivity index (χ0) is 14.9. The monoisotopic (exact) mass is 289 g/mol. The van der Waals surface area contributed by atoms with Crippen LogP contribution in [-0.4, -0.2) is 40.5 Å². The molecule has 1 aliphatic rings. The second-order valence-corrected chi connectivity index (χ2v) is 5.52. The summed E-state index contributed by atoms with van der Waals surface area (Å²) in [4.78, 5) is 0. The molecule has 1 atom stereocenters. The molecular formula is C14H19N5O2. The van der Waals surface area contributed by atoms with E-state index in [0.717, 1.165) is 30.8 Å². The molecule has 1 unspecified atom stereocenters. The summed E-state index contributed by atoms with van der Waals surface area (Å²) < 4.78 is 12.7. The van der Waals surface area contributed by atoms with Gasteiger partial charge in [-0.1, -0.05) is 0 Å². The first kappa shape index (κ1) is 13.8. The number of anilines is 1. The van der Waals surface area contributed by atoms with Crippen LogP contribution in [0.25, 0.3) is 11.4 Å². The fraction of sp³-hybridized carbons (Fsp3) is 0.500. The molecule has 1 aromatic carbocycles. The molecule has 3 rings (SSSR count). The van der Waals surface area contributed by atoms with Crippen LogP contribution in [0.5, 0.6) is 5.75 Å². The van der Waals surface area contributed by atoms with Crippen LogP contribution in [0.15, 0.2) is 18.2 Å². The highest BCUT2D eigenvalue weighted by molar-refractivity contribution is 5.73. The van der Waals surface area contributed by atoms with Crippen molar-refractivity contribution in [2.24, 2.45) is 0 Å². The van der Waals surface area contributed by atoms with Crippen LogP contribution in [0, 0.1) is 0 Å². The SMILES string of the molecule is COc1ccc(N)c(-c2nnnn2C2(C)CCCOC2)c1. The maximum atomic E-state index is 6.08. The van der Waals surface area contributed by atoms with Crippen molar-refractivity contribution >= 4 is 5.69 Å². The smallest absolute Gasteiger partial charge is 0.184 e. The number of hydrogen-bond donors (Lipinski definition) is 1. The largest absolute Gasteiger partial charge is 0.497 e. The average Bonchev–Trinajstić information content (AvgIpc) is 2.99. The number of rotatable bonds is 3. The van der Waals surface area contributed by atoms with Crippen LogP contribution in [-0.2, 0) is 10.3 Å². The first-order chi connectivity index (χ1) is 10.1. The van der Waals surface area contributed by atoms with Crippen molar-refractivity contribution < 1.29 is 9.47 Å². The van der Waals surface area contributed by atoms with Gasteiger partial charge < -0.3 is 15.2 Å². The van der Waals surface area contributed by atoms with Gasteiger partial charge in [0.15, 0.2) is 5.82 Å². The van der Waals surface area contributed by atoms with Gasteiger partial charge in [-0.3, -0.25) is 0 Å². The van der Waals surface area contributed by atoms with Crippen molar-refractivity contribution in [1.82, 2.24) is 20.2 Å². The molecule has 21 heavy (non-hydrogen) atoms. The zero-order valence-electron chi connectivity index (χ0n) is 12.2. The van der Waals surface area contributed by atoms with Crippen LogP contribution in [0.2, 0.25) is 0 Å². The van der Waals surface area contributed by atoms with Crippen molar-refractivity contribution in [2.75, 3.05) is 26.1 Å². The lowest BCUT2D eigenvalue weighted by Gasteiger charge is -2.33. The molecule has 0 saturated carbocycles. The first-order valence-corrected chi connectivity index (χ1v) is 6.94. The summed E-state index contributed by atoms with van der Waals surface area (Å²) >= 11 is 0. The predicted molar refractivity (Wildman–Crippen MR) is 77.9 cm³/mol. The minimum Gasteiger partial charge on any atom is -0.497 e. The number of hydrogen-bond acceptors (Lipinski definition) is 6. The standard InChI is InChI=1S/C14H19N5O2/c1-14(6-3-7-21-9-14)19-13(16-17-18-19)11-8-10(20-2)4-5-12(11)15/h4-5,8H,3,6-7,9,15H2,1-2H3. The Kier molecular flexibility index (Phi) is 3.50. The molecule has 7 nitrogen and oxygen atoms in total. The predicted octanol–water partition coefficient (Wildman–Crippen LogP) is 1.46. The van der Waals surface area contributed by atoms with Crippen LogP contribution < -0.4 is 10.5 Å². The Morgan fingerprint density at radius 1 is 1.43 bits per heavy atom. The molecule has 0 bridgehead atoms. The zero-order valence-corrected chi connectivity index (χ0v) is 12.2. The van der Waals surface area contributed by atoms with E-state index >= 15 is 0 Å². The van der Waals surface area contributed by atoms with Gasteiger partial charge in [-0.15, -0.1) is 5.10 Å². The quantitative estimate of drug-likeness (QED) is 0.861. The Balaban J connectivity index is 2.06. The highest BCUT2D eigenvalue weighted by Gasteiger charge is 2.34. The van der Waals surface area contributed by atoms with Gasteiger partial charge in [-0.05, 0) is 48.4 Å². The number of nitrogen functional groups attached to an aromatic ring is 1. The molecule has 7 heteroatoms. The Hall–Kier alpha value is -2.15. The summed E-state index contributed by atoms with van der Waals surface area (Å²) in [5, 5.41) is 12.1. The molecule has 0 spiro atoms. The maximum absolute atomic E-state index is 6.08. The van der Waals surface area contributed by atoms with Crippen LogP contribution in [0.4, 0.5) is 5.69 Å². The van der Waals surface area contributed by atoms with E-state index in [4.69, 9.17) is 15.2 Å². The lowest BCUT2D eigenvalue weighted by Crippen LogP contribution is -2.40. The van der Waals surface area contributed by atoms with E-state index in [-0.39, 0.29) is 5.54 Å². The molecule has 1 aliphatic heterocycles. The lowest BCUT2D eigenvalue weighted by molar-refractivity contribution is 0.00348. The topological polar surface area (TPSA) is 88.1 Å². The molecule has 0 radical (unpaired) electrons. The van der Waals surface area contributed by atoms with Gasteiger partial charge >= 0.3 is 0 Å². The van der Waals surface area contributed by atoms with Crippen LogP contribution in [0.1, 0.15) is 19.8 Å². The number of aromatic nitrogens is 4. The van der Waals surface area contributed by atoms with Gasteiger partial charge in [-0.2, -0.15) is 0 Å². The van der Waals surface area contributed by atoms with Gasteiger partial charge in [0.1, 0.15) is 5.75 Å². The summed E-state index contributed by atoms with van der Waals surface area (Å²) in [5.74, 6) is 1.36. The normalized spacial score (nSPS) is 22.2. The molecule has 2 aromatic rings. The summed E-state index contributed by atoms with van der Waals surface area (Å²) in [6.07, 6.45) is 1.96. The maximum Gasteiger partial charge on any atom is 0.184 e. The number of methoxy groups -OCH3 is 1. The molecule has 1 saturated heterocycles. The number of benzene rings is 1. The average molecular weight is 289 g/mol. The van der Waals surface area contributed by atoms with Crippen molar-refractivity contribution in [2.45, 2.75) is 25.3 Å². The molecule has 1 aromatic heterocycles. The van der Waals surface area contributed by atoms with E-state index in [1.165, 1.54) is 0 Å². The summed E-state index contributed by atoms with van der Waals surface area (Å²) in [5.41, 5.74) is 7.21. The van der Waals surface area contributed by atoms with E-state index in [1.54, 1.807) is 13.2 Å². The van der Waals surface area contributed by atoms with Crippen LogP contribution in [0.3, 0.4) is 0 Å². The van der Waals surface area contributed by atoms with Crippen molar-refractivity contribution in [3.8, 4) is 17.1 Å². The van der Waals surface area contributed by atoms with Crippen LogP contribution >= 0.6 is 0 Å². The Morgan fingerprint density at radius 3 is 3.00 bits per heavy atom. The van der Waals surface area contributed by atoms with Crippen molar-refractivity contribution in [3.05, 3.63) is 18.2 Å². The molecule has 0 amide bonds. The molecule has 1 fully saturated rings. The molecular weight excluding hydrogens is 270 g/mol. The third-order valence-corrected chi connectivity index (χ3v) is 3.90. The number of tetrazole rings is 1. The summed E-state index contributed by atoms with van der Waals surface area (Å²) in [7, 11) is 1.62. The molecule has 2 heterocycles. The molecule has 2 N–H and O–H groups in total. The van der Waals surface area contributed by atoms with Gasteiger partial charge in [0.2, 0.25) is 0 Å². The van der Waals surface area contributed by atoms with Gasteiger partial charge in [0.05, 0.1) is 19.3 Å². The first-order valence-electron chi connectivity index (χ1n) is 6.94. The minimum absolute atomic E-state index is 0.257. The Morgan fingerprint density at radius 2 is 2.29 bits per heavy atom. The highest BCUT2D eigenvalue weighted by atomic mass is 16.5. The Bertz CT molecular complexity index is 634. The number of nitrogens with two attached hydrogens (primary N) is 1. The van der Waals surface area contributed by atoms with Crippen molar-refractivity contribution in [3.63, 3.8) is 0 Å². The second-order valence-electron chi connectivity index (χ2n) is 5.52. The van der Waals surface area contributed by atoms with Gasteiger partial charge in [0, 0.05) is 17.9 Å². The van der Waals surface area contributed by atoms with Gasteiger partial charge in [-0.25, -0.2) is 4.68 Å². The lowest BCUT2D eigenvalue weighted by atomic mass is 9.94. The number of ether oxygens (including phenoxy) is 2. The van der Waals surface area contributed by atoms with E-state index in [0.29, 0.717) is 18.1 Å². The van der Waals surface area contributed by atoms with E-state index < -0.39 is 0 Å². The third-order valence-electron chi connectivity index (χ3n) is 3.90. The number of nitrogens with zero attached hydrogens (tertiary/aromatic N) is 4. The summed E-state index contributed by atoms with van der Waals surface area (Å²) in [6, 6.07) is 5.47. The summed E-state index contributed by atoms with van der Waals surface area (Å²) in [6.45, 7) is 3.48. The molecule has 0 aliphatic carbocycles. The van der Waals surface area contributed by atoms with E-state index in [9.17, 15) is 0 Å². The minimum atomic E-state index is -0.257. The highest BCUT2D eigenvalue weighted by Crippen LogP contribution is 2.33.